The van der Waals surface area contributed by atoms with E-state index in [0.29, 0.717) is 42.4 Å². The fourth-order valence-corrected chi connectivity index (χ4v) is 13.5. The number of nitrogen functional groups attached to an aromatic ring is 1. The van der Waals surface area contributed by atoms with Gasteiger partial charge >= 0.3 is 11.9 Å². The second-order valence-electron chi connectivity index (χ2n) is 22.1. The van der Waals surface area contributed by atoms with Crippen LogP contribution in [0.15, 0.2) is 30.9 Å². The molecule has 0 spiro atoms. The number of ether oxygens (including phenoxy) is 8. The van der Waals surface area contributed by atoms with E-state index >= 15 is 9.59 Å². The second-order valence-corrected chi connectivity index (χ2v) is 23.4. The Hall–Kier alpha value is -4.10. The Labute approximate surface area is 445 Å². The highest BCUT2D eigenvalue weighted by Gasteiger charge is 2.62. The van der Waals surface area contributed by atoms with Crippen LogP contribution in [-0.4, -0.2) is 175 Å². The molecule has 3 aromatic rings. The number of esters is 2. The first-order chi connectivity index (χ1) is 35.4. The van der Waals surface area contributed by atoms with Gasteiger partial charge in [0.05, 0.1) is 47.9 Å². The molecule has 4 saturated heterocycles. The molecule has 75 heavy (non-hydrogen) atoms. The van der Waals surface area contributed by atoms with Gasteiger partial charge in [0, 0.05) is 81.6 Å². The lowest BCUT2D eigenvalue weighted by molar-refractivity contribution is -0.319. The maximum Gasteiger partial charge on any atom is 0.320 e. The number of aliphatic hydroxyl groups excluding tert-OH is 2. The minimum absolute atomic E-state index is 0.111. The molecule has 21 nitrogen and oxygen atoms in total. The topological polar surface area (TPSA) is 263 Å². The molecule has 0 aromatic carbocycles. The molecule has 5 N–H and O–H groups in total. The zero-order valence-electron chi connectivity index (χ0n) is 46.1. The van der Waals surface area contributed by atoms with E-state index in [1.54, 1.807) is 53.5 Å². The largest absolute Gasteiger partial charge is 0.458 e. The van der Waals surface area contributed by atoms with Gasteiger partial charge in [0.1, 0.15) is 34.9 Å². The summed E-state index contributed by atoms with van der Waals surface area (Å²) >= 11 is 1.35. The number of likely N-dealkylation sites (N-methyl/N-ethyl adjacent to an activating group) is 1. The van der Waals surface area contributed by atoms with Gasteiger partial charge in [-0.2, -0.15) is 9.97 Å². The van der Waals surface area contributed by atoms with Gasteiger partial charge in [-0.3, -0.25) is 19.4 Å². The summed E-state index contributed by atoms with van der Waals surface area (Å²) in [6.07, 6.45) is -2.12. The molecule has 4 fully saturated rings. The van der Waals surface area contributed by atoms with E-state index in [0.717, 1.165) is 5.56 Å². The number of nitrogens with one attached hydrogen (secondary N) is 1. The number of pyridine rings is 1. The molecule has 3 aromatic heterocycles. The lowest BCUT2D eigenvalue weighted by atomic mass is 9.70. The van der Waals surface area contributed by atoms with Crippen LogP contribution in [0.3, 0.4) is 0 Å². The summed E-state index contributed by atoms with van der Waals surface area (Å²) in [5.74, 6) is -4.41. The van der Waals surface area contributed by atoms with Gasteiger partial charge in [0.15, 0.2) is 29.6 Å². The molecule has 2 unspecified atom stereocenters. The van der Waals surface area contributed by atoms with Gasteiger partial charge in [-0.05, 0) is 92.6 Å². The Balaban J connectivity index is 1.23. The third-order valence-electron chi connectivity index (χ3n) is 16.6. The third kappa shape index (κ3) is 12.1. The molecule has 4 aliphatic rings. The Morgan fingerprint density at radius 2 is 1.63 bits per heavy atom. The molecule has 0 radical (unpaired) electrons. The molecule has 0 bridgehead atoms. The van der Waals surface area contributed by atoms with E-state index in [1.165, 1.54) is 18.9 Å². The zero-order valence-corrected chi connectivity index (χ0v) is 46.9. The summed E-state index contributed by atoms with van der Waals surface area (Å²) in [7, 11) is 6.84. The lowest BCUT2D eigenvalue weighted by Crippen LogP contribution is -2.61. The van der Waals surface area contributed by atoms with Crippen molar-refractivity contribution in [3.63, 3.8) is 0 Å². The normalized spacial score (nSPS) is 39.2. The molecular weight excluding hydrogens is 989 g/mol. The number of cyclic esters (lactones) is 1. The van der Waals surface area contributed by atoms with E-state index in [9.17, 15) is 15.0 Å². The number of nitrogens with two attached hydrogens (primary N) is 1. The fraction of sp³-hybridized carbons (Fsp3) is 0.755. The van der Waals surface area contributed by atoms with Crippen LogP contribution >= 0.6 is 11.8 Å². The van der Waals surface area contributed by atoms with Crippen LogP contribution in [0.2, 0.25) is 0 Å². The lowest BCUT2D eigenvalue weighted by Gasteiger charge is -2.50. The Morgan fingerprint density at radius 3 is 2.28 bits per heavy atom. The van der Waals surface area contributed by atoms with E-state index in [4.69, 9.17) is 48.6 Å². The third-order valence-corrected chi connectivity index (χ3v) is 17.8. The maximum atomic E-state index is 15.3. The number of thioether (sulfide) groups is 1. The standard InChI is InChI=1S/C53H82N8O13S/c1-15-35-53(10)37(42(48(66)74-53)75-21-20-61-26-57-38-45(54)58-50(59-46(38)61)56-25-33-16-18-55-19-17-33)29(4)39(62)27(2)23-52(9,68-14)44(73-49-40(63)34(60(11)12)22-28(3)69-49)30(5)41(31(6)47(65)71-35)72-36-24-51(8,67-13)43(64)32(7)70-36/h16-19,26-32,34-37,40-44,49,63-64H,15,20-25H2,1-14H3,(H3,54,56,58,59)/t27-,28-,29-,30+,31?,32+,34+,35-,36+,37+,40-,41+,42+,43+,44-,49+,51-,52?,53-/m1/s1. The molecular formula is C53H82N8O13S. The van der Waals surface area contributed by atoms with E-state index in [1.807, 2.05) is 77.2 Å². The molecule has 4 aliphatic heterocycles. The average Bonchev–Trinajstić information content (AvgIpc) is 3.91. The molecule has 0 saturated carbocycles. The van der Waals surface area contributed by atoms with Gasteiger partial charge in [-0.25, -0.2) is 4.98 Å². The molecule has 0 aliphatic carbocycles. The number of aryl methyl sites for hydroxylation is 1. The molecule has 418 valence electrons. The molecule has 7 rings (SSSR count). The highest BCUT2D eigenvalue weighted by atomic mass is 32.2. The van der Waals surface area contributed by atoms with Crippen molar-refractivity contribution in [3.8, 4) is 0 Å². The quantitative estimate of drug-likeness (QED) is 0.149. The van der Waals surface area contributed by atoms with Crippen molar-refractivity contribution in [1.29, 1.82) is 0 Å². The summed E-state index contributed by atoms with van der Waals surface area (Å²) in [5.41, 5.74) is 4.49. The molecule has 22 heteroatoms. The second kappa shape index (κ2) is 23.9. The number of methoxy groups -OCH3 is 2. The van der Waals surface area contributed by atoms with Gasteiger partial charge in [0.2, 0.25) is 5.95 Å². The SMILES string of the molecule is CC[C@H]1OC(=O)C(C)[C@@H](O[C@H]2C[C@@](C)(OC)[C@@H](O)[C@H](C)O2)[C@H](C)[C@@H](O[C@@H]2O[C@H](C)C[C@H](N(C)C)[C@H]2O)C(C)(OC)C[C@@H](C)C(=O)[C@H](C)[C@H]2[C@H](SCCn3cnc4c(N)nc(NCc5ccncc5)nc43)C(=O)O[C@@]21C. The monoisotopic (exact) mass is 1070 g/mol. The summed E-state index contributed by atoms with van der Waals surface area (Å²) < 4.78 is 53.8. The minimum Gasteiger partial charge on any atom is -0.458 e. The first kappa shape index (κ1) is 58.6. The number of imidazole rings is 1. The van der Waals surface area contributed by atoms with Gasteiger partial charge < -0.3 is 68.6 Å². The smallest absolute Gasteiger partial charge is 0.320 e. The number of ketones is 1. The number of nitrogens with zero attached hydrogens (tertiary/aromatic N) is 6. The van der Waals surface area contributed by atoms with Crippen molar-refractivity contribution in [2.75, 3.05) is 45.1 Å². The van der Waals surface area contributed by atoms with Crippen molar-refractivity contribution in [2.45, 2.75) is 191 Å². The van der Waals surface area contributed by atoms with Crippen LogP contribution in [0, 0.1) is 29.6 Å². The molecule has 0 amide bonds. The number of hydrogen-bond acceptors (Lipinski definition) is 21. The number of carbonyl (C=O) groups is 3. The van der Waals surface area contributed by atoms with Crippen LogP contribution in [0.4, 0.5) is 11.8 Å². The van der Waals surface area contributed by atoms with Gasteiger partial charge in [-0.1, -0.05) is 27.7 Å². The summed E-state index contributed by atoms with van der Waals surface area (Å²) in [6.45, 7) is 19.0. The van der Waals surface area contributed by atoms with E-state index in [2.05, 4.69) is 20.3 Å². The van der Waals surface area contributed by atoms with Crippen LogP contribution in [0.5, 0.6) is 0 Å². The number of fused-ring (bicyclic) bond motifs is 2. The minimum atomic E-state index is -1.44. The summed E-state index contributed by atoms with van der Waals surface area (Å²) in [4.78, 5) is 64.5. The first-order valence-electron chi connectivity index (χ1n) is 26.3. The van der Waals surface area contributed by atoms with Crippen molar-refractivity contribution in [1.82, 2.24) is 29.4 Å². The zero-order chi connectivity index (χ0) is 54.9. The van der Waals surface area contributed by atoms with Crippen LogP contribution in [0.25, 0.3) is 11.2 Å². The highest BCUT2D eigenvalue weighted by Crippen LogP contribution is 2.49. The number of Topliss-reactive ketones (excluding diaryl/α,β-unsaturated/α-hetero) is 1. The highest BCUT2D eigenvalue weighted by molar-refractivity contribution is 8.00. The Kier molecular flexibility index (Phi) is 18.6. The van der Waals surface area contributed by atoms with Crippen LogP contribution in [-0.2, 0) is 65.4 Å². The number of aromatic nitrogens is 5. The van der Waals surface area contributed by atoms with Crippen LogP contribution in [0.1, 0.15) is 100 Å². The van der Waals surface area contributed by atoms with E-state index in [-0.39, 0.29) is 43.0 Å². The first-order valence-corrected chi connectivity index (χ1v) is 27.4. The van der Waals surface area contributed by atoms with Crippen molar-refractivity contribution < 1.29 is 62.5 Å². The van der Waals surface area contributed by atoms with Gasteiger partial charge in [-0.15, -0.1) is 11.8 Å². The predicted octanol–water partition coefficient (Wildman–Crippen LogP) is 4.79. The number of carbonyl (C=O) groups excluding carboxylic acids is 3. The van der Waals surface area contributed by atoms with Crippen molar-refractivity contribution >= 4 is 52.4 Å². The van der Waals surface area contributed by atoms with Crippen molar-refractivity contribution in [2.24, 2.45) is 29.6 Å². The Morgan fingerprint density at radius 1 is 0.933 bits per heavy atom. The summed E-state index contributed by atoms with van der Waals surface area (Å²) in [6, 6.07) is 3.46. The molecule has 19 atom stereocenters. The maximum absolute atomic E-state index is 15.3. The number of hydrogen-bond donors (Lipinski definition) is 4. The summed E-state index contributed by atoms with van der Waals surface area (Å²) in [5, 5.41) is 25.4. The number of aliphatic hydroxyl groups is 2. The average molecular weight is 1070 g/mol. The van der Waals surface area contributed by atoms with Crippen molar-refractivity contribution in [3.05, 3.63) is 36.4 Å². The predicted molar refractivity (Wildman–Crippen MR) is 280 cm³/mol. The Bertz CT molecular complexity index is 2440. The van der Waals surface area contributed by atoms with E-state index < -0.39 is 113 Å². The van der Waals surface area contributed by atoms with Gasteiger partial charge in [0.25, 0.3) is 0 Å². The molecule has 7 heterocycles. The number of anilines is 2. The fourth-order valence-electron chi connectivity index (χ4n) is 12.1. The van der Waals surface area contributed by atoms with Crippen LogP contribution < -0.4 is 11.1 Å². The number of rotatable bonds is 15.